The van der Waals surface area contributed by atoms with Gasteiger partial charge < -0.3 is 18.9 Å². The maximum atomic E-state index is 13.3. The number of ether oxygens (including phenoxy) is 2. The number of nitrogens with one attached hydrogen (secondary N) is 1. The lowest BCUT2D eigenvalue weighted by atomic mass is 9.87. The van der Waals surface area contributed by atoms with Gasteiger partial charge in [-0.15, -0.1) is 10.2 Å². The van der Waals surface area contributed by atoms with Crippen LogP contribution in [0, 0.1) is 18.3 Å². The maximum Gasteiger partial charge on any atom is 0.314 e. The third kappa shape index (κ3) is 5.41. The molecule has 1 N–H and O–H groups in total. The van der Waals surface area contributed by atoms with E-state index in [2.05, 4.69) is 21.3 Å². The van der Waals surface area contributed by atoms with Crippen molar-refractivity contribution in [1.29, 1.82) is 5.26 Å². The van der Waals surface area contributed by atoms with Gasteiger partial charge in [0.15, 0.2) is 0 Å². The van der Waals surface area contributed by atoms with Gasteiger partial charge in [-0.25, -0.2) is 0 Å². The highest BCUT2D eigenvalue weighted by Gasteiger charge is 2.34. The van der Waals surface area contributed by atoms with E-state index in [4.69, 9.17) is 25.5 Å². The monoisotopic (exact) mass is 470 g/mol. The molecule has 0 amide bonds. The van der Waals surface area contributed by atoms with Gasteiger partial charge in [-0.3, -0.25) is 9.59 Å². The van der Waals surface area contributed by atoms with Crippen LogP contribution in [0.1, 0.15) is 49.6 Å². The number of pyridine rings is 1. The summed E-state index contributed by atoms with van der Waals surface area (Å²) < 4.78 is 16.6. The zero-order valence-corrected chi connectivity index (χ0v) is 19.6. The lowest BCUT2D eigenvalue weighted by Crippen LogP contribution is -2.32. The Balaban J connectivity index is 2.32. The van der Waals surface area contributed by atoms with E-state index >= 15 is 0 Å². The number of hydrogen-bond acceptors (Lipinski definition) is 8. The van der Waals surface area contributed by atoms with Crippen LogP contribution in [0.25, 0.3) is 11.1 Å². The average molecular weight is 471 g/mol. The lowest BCUT2D eigenvalue weighted by Gasteiger charge is -2.25. The number of aromatic amines is 1. The number of carbonyl (C=O) groups is 1. The van der Waals surface area contributed by atoms with Crippen LogP contribution >= 0.6 is 11.6 Å². The van der Waals surface area contributed by atoms with Crippen molar-refractivity contribution in [3.8, 4) is 22.9 Å². The highest BCUT2D eigenvalue weighted by atomic mass is 35.5. The number of methoxy groups -OCH3 is 1. The number of rotatable bonds is 6. The molecule has 0 bridgehead atoms. The van der Waals surface area contributed by atoms with Gasteiger partial charge in [-0.2, -0.15) is 5.26 Å². The van der Waals surface area contributed by atoms with E-state index in [1.54, 1.807) is 39.8 Å². The summed E-state index contributed by atoms with van der Waals surface area (Å²) in [7, 11) is 1.42. The Bertz CT molecular complexity index is 1280. The van der Waals surface area contributed by atoms with E-state index in [1.165, 1.54) is 19.4 Å². The van der Waals surface area contributed by atoms with Crippen molar-refractivity contribution in [2.24, 2.45) is 0 Å². The van der Waals surface area contributed by atoms with Gasteiger partial charge in [-0.05, 0) is 39.0 Å². The quantitative estimate of drug-likeness (QED) is 0.536. The molecule has 0 saturated heterocycles. The van der Waals surface area contributed by atoms with Crippen LogP contribution < -0.4 is 10.3 Å². The number of aryl methyl sites for hydroxylation is 1. The van der Waals surface area contributed by atoms with E-state index in [0.717, 1.165) is 0 Å². The van der Waals surface area contributed by atoms with Crippen LogP contribution in [0.15, 0.2) is 33.6 Å². The average Bonchev–Trinajstić information content (AvgIpc) is 3.15. The van der Waals surface area contributed by atoms with Crippen LogP contribution in [0.3, 0.4) is 0 Å². The molecular weight excluding hydrogens is 448 g/mol. The van der Waals surface area contributed by atoms with Crippen molar-refractivity contribution in [3.05, 3.63) is 62.7 Å². The highest BCUT2D eigenvalue weighted by molar-refractivity contribution is 6.31. The molecule has 1 aromatic carbocycles. The standard InChI is InChI=1S/C23H23ClN4O5/c1-12-27-28-18(32-12)9-16(22(30)33-23(2,3)4)20-19(17(31-5)11-26-21(20)29)15-8-14(24)7-6-13(15)10-25/h6-8,11,16H,9H2,1-5H3,(H,26,29). The summed E-state index contributed by atoms with van der Waals surface area (Å²) in [6, 6.07) is 6.74. The number of nitrogens with zero attached hydrogens (tertiary/aromatic N) is 3. The van der Waals surface area contributed by atoms with Gasteiger partial charge in [0.2, 0.25) is 11.8 Å². The van der Waals surface area contributed by atoms with Gasteiger partial charge in [-0.1, -0.05) is 11.6 Å². The normalized spacial score (nSPS) is 12.2. The van der Waals surface area contributed by atoms with Gasteiger partial charge in [0.1, 0.15) is 11.4 Å². The van der Waals surface area contributed by atoms with Crippen molar-refractivity contribution < 1.29 is 18.7 Å². The molecule has 9 nitrogen and oxygen atoms in total. The first-order chi connectivity index (χ1) is 15.5. The summed E-state index contributed by atoms with van der Waals surface area (Å²) in [4.78, 5) is 29.1. The molecule has 3 aromatic rings. The van der Waals surface area contributed by atoms with Crippen molar-refractivity contribution in [1.82, 2.24) is 15.2 Å². The van der Waals surface area contributed by atoms with Crippen LogP contribution in [0.4, 0.5) is 0 Å². The van der Waals surface area contributed by atoms with Gasteiger partial charge in [0.05, 0.1) is 24.7 Å². The van der Waals surface area contributed by atoms with E-state index in [0.29, 0.717) is 16.5 Å². The fourth-order valence-corrected chi connectivity index (χ4v) is 3.56. The number of halogens is 1. The van der Waals surface area contributed by atoms with Gasteiger partial charge >= 0.3 is 5.97 Å². The Hall–Kier alpha value is -3.64. The molecular formula is C23H23ClN4O5. The number of carbonyl (C=O) groups excluding carboxylic acids is 1. The molecule has 2 aromatic heterocycles. The molecule has 0 aliphatic carbocycles. The molecule has 3 rings (SSSR count). The number of nitriles is 1. The summed E-state index contributed by atoms with van der Waals surface area (Å²) in [6.45, 7) is 6.79. The first-order valence-corrected chi connectivity index (χ1v) is 10.4. The largest absolute Gasteiger partial charge is 0.495 e. The Morgan fingerprint density at radius 3 is 2.64 bits per heavy atom. The Labute approximate surface area is 195 Å². The highest BCUT2D eigenvalue weighted by Crippen LogP contribution is 2.39. The SMILES string of the molecule is COc1c[nH]c(=O)c(C(Cc2nnc(C)o2)C(=O)OC(C)(C)C)c1-c1cc(Cl)ccc1C#N. The summed E-state index contributed by atoms with van der Waals surface area (Å²) >= 11 is 6.21. The zero-order chi connectivity index (χ0) is 24.3. The number of esters is 1. The van der Waals surface area contributed by atoms with Crippen LogP contribution in [-0.4, -0.2) is 33.9 Å². The molecule has 33 heavy (non-hydrogen) atoms. The van der Waals surface area contributed by atoms with Gasteiger partial charge in [0, 0.05) is 41.3 Å². The second kappa shape index (κ2) is 9.46. The van der Waals surface area contributed by atoms with Crippen molar-refractivity contribution in [3.63, 3.8) is 0 Å². The van der Waals surface area contributed by atoms with Crippen LogP contribution in [0.5, 0.6) is 5.75 Å². The molecule has 0 aliphatic heterocycles. The Morgan fingerprint density at radius 2 is 2.06 bits per heavy atom. The Morgan fingerprint density at radius 1 is 1.33 bits per heavy atom. The zero-order valence-electron chi connectivity index (χ0n) is 18.9. The molecule has 0 fully saturated rings. The number of benzene rings is 1. The third-order valence-electron chi connectivity index (χ3n) is 4.67. The van der Waals surface area contributed by atoms with Crippen molar-refractivity contribution in [2.45, 2.75) is 45.6 Å². The molecule has 0 radical (unpaired) electrons. The van der Waals surface area contributed by atoms with Crippen molar-refractivity contribution >= 4 is 17.6 Å². The molecule has 172 valence electrons. The third-order valence-corrected chi connectivity index (χ3v) is 4.91. The van der Waals surface area contributed by atoms with Gasteiger partial charge in [0.25, 0.3) is 5.56 Å². The van der Waals surface area contributed by atoms with E-state index < -0.39 is 23.0 Å². The summed E-state index contributed by atoms with van der Waals surface area (Å²) in [6.07, 6.45) is 1.27. The predicted molar refractivity (Wildman–Crippen MR) is 120 cm³/mol. The second-order valence-corrected chi connectivity index (χ2v) is 8.72. The predicted octanol–water partition coefficient (Wildman–Crippen LogP) is 3.94. The van der Waals surface area contributed by atoms with Crippen LogP contribution in [0.2, 0.25) is 5.02 Å². The first-order valence-electron chi connectivity index (χ1n) is 10.1. The number of hydrogen-bond donors (Lipinski definition) is 1. The van der Waals surface area contributed by atoms with Crippen LogP contribution in [-0.2, 0) is 16.0 Å². The minimum Gasteiger partial charge on any atom is -0.495 e. The molecule has 1 atom stereocenters. The lowest BCUT2D eigenvalue weighted by molar-refractivity contribution is -0.156. The Kier molecular flexibility index (Phi) is 6.89. The molecule has 1 unspecified atom stereocenters. The van der Waals surface area contributed by atoms with Crippen molar-refractivity contribution in [2.75, 3.05) is 7.11 Å². The van der Waals surface area contributed by atoms with E-state index in [1.807, 2.05) is 0 Å². The summed E-state index contributed by atoms with van der Waals surface area (Å²) in [5, 5.41) is 17.8. The minimum atomic E-state index is -1.14. The molecule has 10 heteroatoms. The smallest absolute Gasteiger partial charge is 0.314 e. The van der Waals surface area contributed by atoms with E-state index in [9.17, 15) is 14.9 Å². The topological polar surface area (TPSA) is 131 Å². The fraction of sp³-hybridized carbons (Fsp3) is 0.348. The summed E-state index contributed by atoms with van der Waals surface area (Å²) in [5.74, 6) is -1.08. The molecule has 0 aliphatic rings. The fourth-order valence-electron chi connectivity index (χ4n) is 3.39. The first kappa shape index (κ1) is 24.0. The molecule has 2 heterocycles. The number of aromatic nitrogens is 3. The maximum absolute atomic E-state index is 13.3. The minimum absolute atomic E-state index is 0.0400. The number of H-pyrrole nitrogens is 1. The molecule has 0 saturated carbocycles. The second-order valence-electron chi connectivity index (χ2n) is 8.28. The summed E-state index contributed by atoms with van der Waals surface area (Å²) in [5.41, 5.74) is -0.480. The molecule has 0 spiro atoms. The van der Waals surface area contributed by atoms with E-state index in [-0.39, 0.29) is 34.8 Å².